The lowest BCUT2D eigenvalue weighted by Gasteiger charge is -2.06. The van der Waals surface area contributed by atoms with Crippen molar-refractivity contribution >= 4 is 16.8 Å². The Morgan fingerprint density at radius 1 is 1.62 bits per heavy atom. The molecule has 0 heterocycles. The summed E-state index contributed by atoms with van der Waals surface area (Å²) in [6.45, 7) is 1.77. The number of carboxylic acid groups (broad SMARTS) is 1. The van der Waals surface area contributed by atoms with Crippen LogP contribution in [0.15, 0.2) is 29.2 Å². The van der Waals surface area contributed by atoms with E-state index in [2.05, 4.69) is 0 Å². The van der Waals surface area contributed by atoms with Gasteiger partial charge >= 0.3 is 5.97 Å². The Hall–Kier alpha value is -1.67. The number of nitriles is 1. The Balaban J connectivity index is 3.05. The van der Waals surface area contributed by atoms with Crippen molar-refractivity contribution in [2.75, 3.05) is 0 Å². The number of aromatic carboxylic acids is 1. The molecule has 0 aliphatic rings. The van der Waals surface area contributed by atoms with Gasteiger partial charge in [-0.3, -0.25) is 4.21 Å². The lowest BCUT2D eigenvalue weighted by molar-refractivity contribution is 0.0696. The maximum absolute atomic E-state index is 11.9. The van der Waals surface area contributed by atoms with Crippen molar-refractivity contribution in [3.63, 3.8) is 0 Å². The Morgan fingerprint density at radius 3 is 2.81 bits per heavy atom. The van der Waals surface area contributed by atoms with E-state index in [1.165, 1.54) is 18.2 Å². The van der Waals surface area contributed by atoms with E-state index in [9.17, 15) is 9.00 Å². The lowest BCUT2D eigenvalue weighted by atomic mass is 10.2. The van der Waals surface area contributed by atoms with Gasteiger partial charge in [0.1, 0.15) is 5.25 Å². The van der Waals surface area contributed by atoms with E-state index in [1.807, 2.05) is 6.07 Å². The van der Waals surface area contributed by atoms with E-state index in [-0.39, 0.29) is 5.56 Å². The largest absolute Gasteiger partial charge is 0.478 e. The first-order chi connectivity index (χ1) is 7.60. The van der Waals surface area contributed by atoms with Crippen LogP contribution in [-0.4, -0.2) is 20.5 Å². The number of hydrogen-bond acceptors (Lipinski definition) is 3. The summed E-state index contributed by atoms with van der Waals surface area (Å²) in [6, 6.07) is 7.82. The lowest BCUT2D eigenvalue weighted by Crippen LogP contribution is -2.12. The molecule has 0 saturated heterocycles. The van der Waals surface area contributed by atoms with Gasteiger partial charge in [0.25, 0.3) is 0 Å². The topological polar surface area (TPSA) is 78.2 Å². The fourth-order valence-electron chi connectivity index (χ4n) is 1.21. The van der Waals surface area contributed by atoms with Gasteiger partial charge in [0.05, 0.1) is 22.4 Å². The first-order valence-corrected chi connectivity index (χ1v) is 5.95. The predicted octanol–water partition coefficient (Wildman–Crippen LogP) is 1.79. The summed E-state index contributed by atoms with van der Waals surface area (Å²) in [5.41, 5.74) is 0.0821. The van der Waals surface area contributed by atoms with Crippen molar-refractivity contribution in [3.8, 4) is 6.07 Å². The van der Waals surface area contributed by atoms with Crippen LogP contribution in [0.4, 0.5) is 0 Å². The predicted molar refractivity (Wildman–Crippen MR) is 59.5 cm³/mol. The maximum atomic E-state index is 11.9. The van der Waals surface area contributed by atoms with Crippen LogP contribution in [0.3, 0.4) is 0 Å². The summed E-state index contributed by atoms with van der Waals surface area (Å²) >= 11 is 0. The van der Waals surface area contributed by atoms with Gasteiger partial charge in [0.15, 0.2) is 0 Å². The minimum Gasteiger partial charge on any atom is -0.478 e. The number of carbonyl (C=O) groups is 1. The molecule has 0 radical (unpaired) electrons. The molecule has 0 amide bonds. The number of benzene rings is 1. The quantitative estimate of drug-likeness (QED) is 0.866. The summed E-state index contributed by atoms with van der Waals surface area (Å²) < 4.78 is 11.9. The van der Waals surface area contributed by atoms with Crippen molar-refractivity contribution in [2.45, 2.75) is 23.5 Å². The number of rotatable bonds is 4. The van der Waals surface area contributed by atoms with Gasteiger partial charge in [-0.15, -0.1) is 0 Å². The van der Waals surface area contributed by atoms with Crippen LogP contribution in [0.1, 0.15) is 23.7 Å². The van der Waals surface area contributed by atoms with Crippen LogP contribution >= 0.6 is 0 Å². The minimum atomic E-state index is -1.47. The molecular formula is C11H11NO3S. The highest BCUT2D eigenvalue weighted by molar-refractivity contribution is 7.86. The van der Waals surface area contributed by atoms with E-state index in [0.717, 1.165) is 0 Å². The van der Waals surface area contributed by atoms with E-state index >= 15 is 0 Å². The molecule has 84 valence electrons. The first kappa shape index (κ1) is 12.4. The standard InChI is InChI=1S/C11H11NO3S/c1-2-9(7-12)16(15)10-5-3-4-8(6-10)11(13)14/h3-6,9H,2H2,1H3,(H,13,14). The van der Waals surface area contributed by atoms with Crippen LogP contribution in [-0.2, 0) is 10.8 Å². The zero-order chi connectivity index (χ0) is 12.1. The highest BCUT2D eigenvalue weighted by Gasteiger charge is 2.16. The van der Waals surface area contributed by atoms with E-state index in [4.69, 9.17) is 10.4 Å². The van der Waals surface area contributed by atoms with Gasteiger partial charge in [-0.2, -0.15) is 5.26 Å². The summed E-state index contributed by atoms with van der Waals surface area (Å²) in [5, 5.41) is 17.0. The molecule has 1 aromatic rings. The molecular weight excluding hydrogens is 226 g/mol. The van der Waals surface area contributed by atoms with Gasteiger partial charge in [-0.05, 0) is 24.6 Å². The fraction of sp³-hybridized carbons (Fsp3) is 0.273. The van der Waals surface area contributed by atoms with E-state index < -0.39 is 22.0 Å². The summed E-state index contributed by atoms with van der Waals surface area (Å²) in [4.78, 5) is 11.1. The molecule has 4 nitrogen and oxygen atoms in total. The summed E-state index contributed by atoms with van der Waals surface area (Å²) in [7, 11) is -1.47. The Morgan fingerprint density at radius 2 is 2.31 bits per heavy atom. The molecule has 0 bridgehead atoms. The molecule has 0 aromatic heterocycles. The van der Waals surface area contributed by atoms with Gasteiger partial charge in [-0.25, -0.2) is 4.79 Å². The molecule has 0 saturated carbocycles. The van der Waals surface area contributed by atoms with Crippen LogP contribution < -0.4 is 0 Å². The van der Waals surface area contributed by atoms with Crippen molar-refractivity contribution in [2.24, 2.45) is 0 Å². The third kappa shape index (κ3) is 2.67. The molecule has 0 spiro atoms. The fourth-order valence-corrected chi connectivity index (χ4v) is 2.39. The Bertz CT molecular complexity index is 465. The van der Waals surface area contributed by atoms with E-state index in [1.54, 1.807) is 13.0 Å². The smallest absolute Gasteiger partial charge is 0.335 e. The van der Waals surface area contributed by atoms with Crippen molar-refractivity contribution in [1.82, 2.24) is 0 Å². The molecule has 5 heteroatoms. The molecule has 2 unspecified atom stereocenters. The third-order valence-electron chi connectivity index (χ3n) is 2.09. The molecule has 1 aromatic carbocycles. The summed E-state index contributed by atoms with van der Waals surface area (Å²) in [6.07, 6.45) is 0.473. The molecule has 16 heavy (non-hydrogen) atoms. The average molecular weight is 237 g/mol. The van der Waals surface area contributed by atoms with Crippen molar-refractivity contribution in [1.29, 1.82) is 5.26 Å². The van der Waals surface area contributed by atoms with Gasteiger partial charge in [0, 0.05) is 4.90 Å². The van der Waals surface area contributed by atoms with Gasteiger partial charge < -0.3 is 5.11 Å². The third-order valence-corrected chi connectivity index (χ3v) is 3.76. The second-order valence-corrected chi connectivity index (χ2v) is 4.79. The van der Waals surface area contributed by atoms with Gasteiger partial charge in [-0.1, -0.05) is 13.0 Å². The number of nitrogens with zero attached hydrogens (tertiary/aromatic N) is 1. The van der Waals surface area contributed by atoms with Crippen LogP contribution in [0, 0.1) is 11.3 Å². The highest BCUT2D eigenvalue weighted by atomic mass is 32.2. The van der Waals surface area contributed by atoms with Crippen molar-refractivity contribution in [3.05, 3.63) is 29.8 Å². The molecule has 1 rings (SSSR count). The SMILES string of the molecule is CCC(C#N)S(=O)c1cccc(C(=O)O)c1. The van der Waals surface area contributed by atoms with Crippen LogP contribution in [0.25, 0.3) is 0 Å². The number of hydrogen-bond donors (Lipinski definition) is 1. The first-order valence-electron chi connectivity index (χ1n) is 4.73. The Labute approximate surface area is 96.0 Å². The zero-order valence-corrected chi connectivity index (χ0v) is 9.53. The second kappa shape index (κ2) is 5.42. The van der Waals surface area contributed by atoms with Crippen LogP contribution in [0.2, 0.25) is 0 Å². The highest BCUT2D eigenvalue weighted by Crippen LogP contribution is 2.15. The molecule has 0 aliphatic carbocycles. The minimum absolute atomic E-state index is 0.0821. The summed E-state index contributed by atoms with van der Waals surface area (Å²) in [5.74, 6) is -1.07. The molecule has 0 aliphatic heterocycles. The normalized spacial score (nSPS) is 13.8. The van der Waals surface area contributed by atoms with Crippen LogP contribution in [0.5, 0.6) is 0 Å². The molecule has 0 fully saturated rings. The molecule has 1 N–H and O–H groups in total. The second-order valence-electron chi connectivity index (χ2n) is 3.16. The Kier molecular flexibility index (Phi) is 4.20. The average Bonchev–Trinajstić information content (AvgIpc) is 2.30. The van der Waals surface area contributed by atoms with Crippen molar-refractivity contribution < 1.29 is 14.1 Å². The molecule has 2 atom stereocenters. The van der Waals surface area contributed by atoms with Gasteiger partial charge in [0.2, 0.25) is 0 Å². The maximum Gasteiger partial charge on any atom is 0.335 e. The monoisotopic (exact) mass is 237 g/mol. The number of carboxylic acids is 1. The van der Waals surface area contributed by atoms with E-state index in [0.29, 0.717) is 11.3 Å². The zero-order valence-electron chi connectivity index (χ0n) is 8.71.